The number of rotatable bonds is 2. The van der Waals surface area contributed by atoms with E-state index in [0.717, 1.165) is 22.9 Å². The lowest BCUT2D eigenvalue weighted by molar-refractivity contribution is 0.436. The molecule has 0 bridgehead atoms. The van der Waals surface area contributed by atoms with Gasteiger partial charge in [-0.05, 0) is 69.3 Å². The molecule has 0 fully saturated rings. The van der Waals surface area contributed by atoms with Crippen LogP contribution in [0.4, 0.5) is 11.4 Å². The summed E-state index contributed by atoms with van der Waals surface area (Å²) in [4.78, 5) is 0. The molecule has 0 unspecified atom stereocenters. The van der Waals surface area contributed by atoms with Crippen LogP contribution < -0.4 is 10.1 Å². The molecule has 9 rings (SSSR count). The number of fused-ring (bicyclic) bond motifs is 12. The van der Waals surface area contributed by atoms with Gasteiger partial charge in [-0.1, -0.05) is 117 Å². The van der Waals surface area contributed by atoms with Crippen LogP contribution in [0.1, 0.15) is 47.2 Å². The number of nitrogens with one attached hydrogen (secondary N) is 1. The molecule has 200 valence electrons. The van der Waals surface area contributed by atoms with E-state index in [-0.39, 0.29) is 5.41 Å². The maximum absolute atomic E-state index is 6.54. The topological polar surface area (TPSA) is 21.3 Å². The Morgan fingerprint density at radius 2 is 1.02 bits per heavy atom. The van der Waals surface area contributed by atoms with Crippen LogP contribution in [0.3, 0.4) is 0 Å². The summed E-state index contributed by atoms with van der Waals surface area (Å²) in [5.74, 6) is 1.82. The molecule has 1 spiro atoms. The molecule has 1 heterocycles. The summed E-state index contributed by atoms with van der Waals surface area (Å²) >= 11 is 0. The predicted octanol–water partition coefficient (Wildman–Crippen LogP) is 10.2. The van der Waals surface area contributed by atoms with Crippen molar-refractivity contribution in [3.05, 3.63) is 167 Å². The molecule has 6 aromatic carbocycles. The van der Waals surface area contributed by atoms with Gasteiger partial charge in [0.25, 0.3) is 0 Å². The van der Waals surface area contributed by atoms with Crippen LogP contribution >= 0.6 is 0 Å². The zero-order valence-corrected chi connectivity index (χ0v) is 23.6. The van der Waals surface area contributed by atoms with Gasteiger partial charge >= 0.3 is 0 Å². The van der Waals surface area contributed by atoms with E-state index >= 15 is 0 Å². The van der Waals surface area contributed by atoms with E-state index < -0.39 is 5.41 Å². The molecular formula is C40H29NO. The van der Waals surface area contributed by atoms with E-state index in [1.165, 1.54) is 55.6 Å². The first-order valence-corrected chi connectivity index (χ1v) is 14.7. The molecule has 2 aliphatic carbocycles. The van der Waals surface area contributed by atoms with Crippen LogP contribution in [-0.2, 0) is 10.8 Å². The lowest BCUT2D eigenvalue weighted by Crippen LogP contribution is -2.32. The lowest BCUT2D eigenvalue weighted by atomic mass is 9.65. The molecule has 1 aliphatic heterocycles. The van der Waals surface area contributed by atoms with E-state index in [0.29, 0.717) is 0 Å². The van der Waals surface area contributed by atoms with E-state index in [9.17, 15) is 0 Å². The van der Waals surface area contributed by atoms with Crippen LogP contribution in [0.15, 0.2) is 133 Å². The molecule has 0 atom stereocenters. The maximum Gasteiger partial charge on any atom is 0.132 e. The molecule has 0 amide bonds. The van der Waals surface area contributed by atoms with Gasteiger partial charge in [-0.2, -0.15) is 0 Å². The molecule has 2 heteroatoms. The zero-order chi connectivity index (χ0) is 28.1. The number of benzene rings is 6. The Kier molecular flexibility index (Phi) is 4.63. The van der Waals surface area contributed by atoms with Gasteiger partial charge in [0.05, 0.1) is 5.41 Å². The fraction of sp³-hybridized carbons (Fsp3) is 0.100. The normalized spacial score (nSPS) is 15.5. The molecule has 0 saturated heterocycles. The van der Waals surface area contributed by atoms with Crippen molar-refractivity contribution < 1.29 is 4.74 Å². The second kappa shape index (κ2) is 8.24. The standard InChI is InChI=1S/C40H29NO/c1-39(2)30-15-5-3-12-26(30)28-23-22-25(24-34(28)39)41-35-19-11-14-29-27-13-4-6-16-31(27)40(38(29)35)32-17-7-9-20-36(32)42-37-21-10-8-18-33(37)40/h3-24,41H,1-2H3. The van der Waals surface area contributed by atoms with Crippen LogP contribution in [0.2, 0.25) is 0 Å². The van der Waals surface area contributed by atoms with Crippen LogP contribution in [-0.4, -0.2) is 0 Å². The van der Waals surface area contributed by atoms with Crippen molar-refractivity contribution >= 4 is 11.4 Å². The van der Waals surface area contributed by atoms with Crippen molar-refractivity contribution in [2.24, 2.45) is 0 Å². The smallest absolute Gasteiger partial charge is 0.132 e. The van der Waals surface area contributed by atoms with Crippen molar-refractivity contribution in [1.29, 1.82) is 0 Å². The fourth-order valence-corrected chi connectivity index (χ4v) is 7.96. The first kappa shape index (κ1) is 23.6. The third-order valence-electron chi connectivity index (χ3n) is 9.73. The van der Waals surface area contributed by atoms with E-state index in [2.05, 4.69) is 153 Å². The van der Waals surface area contributed by atoms with Crippen molar-refractivity contribution in [3.8, 4) is 33.8 Å². The Balaban J connectivity index is 1.29. The van der Waals surface area contributed by atoms with Crippen LogP contribution in [0.5, 0.6) is 11.5 Å². The van der Waals surface area contributed by atoms with Gasteiger partial charge in [-0.25, -0.2) is 0 Å². The summed E-state index contributed by atoms with van der Waals surface area (Å²) in [6, 6.07) is 48.4. The minimum atomic E-state index is -0.507. The number of hydrogen-bond donors (Lipinski definition) is 1. The second-order valence-electron chi connectivity index (χ2n) is 12.2. The van der Waals surface area contributed by atoms with Crippen molar-refractivity contribution in [2.75, 3.05) is 5.32 Å². The van der Waals surface area contributed by atoms with E-state index in [4.69, 9.17) is 4.74 Å². The van der Waals surface area contributed by atoms with Gasteiger partial charge in [0, 0.05) is 33.5 Å². The van der Waals surface area contributed by atoms with E-state index in [1.54, 1.807) is 0 Å². The predicted molar refractivity (Wildman–Crippen MR) is 171 cm³/mol. The van der Waals surface area contributed by atoms with Crippen molar-refractivity contribution in [1.82, 2.24) is 0 Å². The van der Waals surface area contributed by atoms with Crippen LogP contribution in [0, 0.1) is 0 Å². The third kappa shape index (κ3) is 2.89. The first-order valence-electron chi connectivity index (χ1n) is 14.7. The minimum absolute atomic E-state index is 0.0572. The van der Waals surface area contributed by atoms with Gasteiger partial charge in [0.15, 0.2) is 0 Å². The monoisotopic (exact) mass is 539 g/mol. The second-order valence-corrected chi connectivity index (χ2v) is 12.2. The van der Waals surface area contributed by atoms with Crippen LogP contribution in [0.25, 0.3) is 22.3 Å². The molecule has 42 heavy (non-hydrogen) atoms. The SMILES string of the molecule is CC1(C)c2ccccc2-c2ccc(Nc3cccc4c3C3(c5ccccc5Oc5ccccc53)c3ccccc3-4)cc21. The average molecular weight is 540 g/mol. The first-order chi connectivity index (χ1) is 20.6. The number of ether oxygens (including phenoxy) is 1. The Hall–Kier alpha value is -5.08. The highest BCUT2D eigenvalue weighted by Crippen LogP contribution is 2.63. The van der Waals surface area contributed by atoms with Gasteiger partial charge in [-0.15, -0.1) is 0 Å². The summed E-state index contributed by atoms with van der Waals surface area (Å²) < 4.78 is 6.54. The summed E-state index contributed by atoms with van der Waals surface area (Å²) in [5.41, 5.74) is 14.5. The maximum atomic E-state index is 6.54. The Morgan fingerprint density at radius 3 is 1.74 bits per heavy atom. The summed E-state index contributed by atoms with van der Waals surface area (Å²) in [5, 5.41) is 3.93. The Labute approximate surface area is 246 Å². The summed E-state index contributed by atoms with van der Waals surface area (Å²) in [6.07, 6.45) is 0. The summed E-state index contributed by atoms with van der Waals surface area (Å²) in [6.45, 7) is 4.67. The largest absolute Gasteiger partial charge is 0.457 e. The molecule has 6 aromatic rings. The molecule has 0 radical (unpaired) electrons. The van der Waals surface area contributed by atoms with Gasteiger partial charge in [0.2, 0.25) is 0 Å². The molecule has 1 N–H and O–H groups in total. The van der Waals surface area contributed by atoms with Gasteiger partial charge in [0.1, 0.15) is 11.5 Å². The van der Waals surface area contributed by atoms with Crippen molar-refractivity contribution in [3.63, 3.8) is 0 Å². The third-order valence-corrected chi connectivity index (χ3v) is 9.73. The highest BCUT2D eigenvalue weighted by molar-refractivity contribution is 5.93. The quantitative estimate of drug-likeness (QED) is 0.236. The van der Waals surface area contributed by atoms with Gasteiger partial charge in [-0.3, -0.25) is 0 Å². The van der Waals surface area contributed by atoms with E-state index in [1.807, 2.05) is 0 Å². The number of hydrogen-bond acceptors (Lipinski definition) is 2. The Bertz CT molecular complexity index is 2040. The minimum Gasteiger partial charge on any atom is -0.457 e. The highest BCUT2D eigenvalue weighted by atomic mass is 16.5. The fourth-order valence-electron chi connectivity index (χ4n) is 7.96. The van der Waals surface area contributed by atoms with Crippen molar-refractivity contribution in [2.45, 2.75) is 24.7 Å². The molecule has 2 nitrogen and oxygen atoms in total. The molecular weight excluding hydrogens is 510 g/mol. The lowest BCUT2D eigenvalue weighted by Gasteiger charge is -2.40. The highest BCUT2D eigenvalue weighted by Gasteiger charge is 2.52. The average Bonchev–Trinajstić information content (AvgIpc) is 3.45. The number of para-hydroxylation sites is 2. The molecule has 0 saturated carbocycles. The number of anilines is 2. The Morgan fingerprint density at radius 1 is 0.476 bits per heavy atom. The summed E-state index contributed by atoms with van der Waals surface area (Å²) in [7, 11) is 0. The zero-order valence-electron chi connectivity index (χ0n) is 23.6. The molecule has 3 aliphatic rings. The van der Waals surface area contributed by atoms with Gasteiger partial charge < -0.3 is 10.1 Å². The molecule has 0 aromatic heterocycles.